The second-order valence-electron chi connectivity index (χ2n) is 6.83. The Labute approximate surface area is 105 Å². The minimum absolute atomic E-state index is 0.215. The molecular weight excluding hydrogens is 214 g/mol. The van der Waals surface area contributed by atoms with E-state index in [1.54, 1.807) is 0 Å². The fourth-order valence-electron chi connectivity index (χ4n) is 2.07. The Balaban J connectivity index is 2.77. The summed E-state index contributed by atoms with van der Waals surface area (Å²) in [6, 6.07) is 0.248. The van der Waals surface area contributed by atoms with E-state index < -0.39 is 5.60 Å². The molecule has 0 saturated heterocycles. The Morgan fingerprint density at radius 2 is 1.71 bits per heavy atom. The van der Waals surface area contributed by atoms with Crippen LogP contribution in [0.25, 0.3) is 0 Å². The van der Waals surface area contributed by atoms with Crippen molar-refractivity contribution in [2.24, 2.45) is 0 Å². The average Bonchev–Trinajstić information content (AvgIpc) is 1.94. The number of carbonyl (C=O) groups excluding carboxylic acids is 1. The highest BCUT2D eigenvalue weighted by atomic mass is 16.6. The van der Waals surface area contributed by atoms with E-state index in [0.717, 1.165) is 12.8 Å². The van der Waals surface area contributed by atoms with Gasteiger partial charge in [-0.25, -0.2) is 4.79 Å². The van der Waals surface area contributed by atoms with Gasteiger partial charge in [-0.1, -0.05) is 12.2 Å². The van der Waals surface area contributed by atoms with Crippen LogP contribution in [0.2, 0.25) is 0 Å². The monoisotopic (exact) mass is 239 g/mol. The molecule has 0 heterocycles. The van der Waals surface area contributed by atoms with Crippen LogP contribution in [-0.2, 0) is 4.74 Å². The molecule has 3 nitrogen and oxygen atoms in total. The molecular formula is C14H25NO2. The quantitative estimate of drug-likeness (QED) is 0.652. The molecule has 1 amide bonds. The first kappa shape index (κ1) is 14.1. The lowest BCUT2D eigenvalue weighted by Gasteiger charge is -2.46. The van der Waals surface area contributed by atoms with E-state index in [2.05, 4.69) is 6.58 Å². The first-order chi connectivity index (χ1) is 7.50. The summed E-state index contributed by atoms with van der Waals surface area (Å²) in [6.45, 7) is 15.7. The van der Waals surface area contributed by atoms with E-state index in [0.29, 0.717) is 0 Å². The van der Waals surface area contributed by atoms with E-state index in [4.69, 9.17) is 4.74 Å². The number of hydrogen-bond donors (Lipinski definition) is 0. The molecule has 0 bridgehead atoms. The molecule has 1 saturated carbocycles. The molecule has 0 aromatic carbocycles. The lowest BCUT2D eigenvalue weighted by atomic mass is 9.84. The van der Waals surface area contributed by atoms with E-state index in [-0.39, 0.29) is 17.7 Å². The lowest BCUT2D eigenvalue weighted by molar-refractivity contribution is -0.0130. The van der Waals surface area contributed by atoms with Gasteiger partial charge in [0.15, 0.2) is 0 Å². The molecule has 0 aliphatic heterocycles. The Hall–Kier alpha value is -0.990. The summed E-state index contributed by atoms with van der Waals surface area (Å²) in [7, 11) is 0. The van der Waals surface area contributed by atoms with Crippen molar-refractivity contribution in [1.29, 1.82) is 0 Å². The van der Waals surface area contributed by atoms with Gasteiger partial charge in [-0.05, 0) is 54.4 Å². The Bertz CT molecular complexity index is 312. The van der Waals surface area contributed by atoms with Crippen LogP contribution >= 0.6 is 0 Å². The summed E-state index contributed by atoms with van der Waals surface area (Å²) in [4.78, 5) is 14.1. The first-order valence-corrected chi connectivity index (χ1v) is 6.19. The van der Waals surface area contributed by atoms with Gasteiger partial charge in [-0.15, -0.1) is 0 Å². The molecule has 98 valence electrons. The van der Waals surface area contributed by atoms with E-state index in [1.165, 1.54) is 5.57 Å². The molecule has 1 aliphatic carbocycles. The number of ether oxygens (including phenoxy) is 1. The van der Waals surface area contributed by atoms with Crippen LogP contribution in [0.4, 0.5) is 4.79 Å². The summed E-state index contributed by atoms with van der Waals surface area (Å²) in [5.41, 5.74) is 0.558. The van der Waals surface area contributed by atoms with Crippen LogP contribution in [0.15, 0.2) is 12.2 Å². The van der Waals surface area contributed by atoms with Crippen molar-refractivity contribution in [3.8, 4) is 0 Å². The Morgan fingerprint density at radius 3 is 2.00 bits per heavy atom. The second-order valence-corrected chi connectivity index (χ2v) is 6.83. The lowest BCUT2D eigenvalue weighted by Crippen LogP contribution is -2.55. The average molecular weight is 239 g/mol. The SMILES string of the molecule is C=C1CC(N(C(=O)OC(C)(C)C)C(C)(C)C)C1. The molecule has 0 unspecified atom stereocenters. The Morgan fingerprint density at radius 1 is 1.24 bits per heavy atom. The molecule has 1 aliphatic rings. The minimum atomic E-state index is -0.443. The van der Waals surface area contributed by atoms with Gasteiger partial charge >= 0.3 is 6.09 Å². The summed E-state index contributed by atoms with van der Waals surface area (Å²) >= 11 is 0. The van der Waals surface area contributed by atoms with Crippen LogP contribution in [0.5, 0.6) is 0 Å². The standard InChI is InChI=1S/C14H25NO2/c1-10-8-11(9-10)15(13(2,3)4)12(16)17-14(5,6)7/h11H,1,8-9H2,2-7H3. The number of amides is 1. The van der Waals surface area contributed by atoms with Crippen molar-refractivity contribution in [2.45, 2.75) is 71.6 Å². The fourth-order valence-corrected chi connectivity index (χ4v) is 2.07. The molecule has 17 heavy (non-hydrogen) atoms. The highest BCUT2D eigenvalue weighted by Crippen LogP contribution is 2.34. The van der Waals surface area contributed by atoms with Gasteiger partial charge in [-0.2, -0.15) is 0 Å². The third kappa shape index (κ3) is 3.76. The van der Waals surface area contributed by atoms with Gasteiger partial charge in [0.2, 0.25) is 0 Å². The van der Waals surface area contributed by atoms with Gasteiger partial charge < -0.3 is 4.74 Å². The maximum absolute atomic E-state index is 12.2. The van der Waals surface area contributed by atoms with Gasteiger partial charge in [0, 0.05) is 11.6 Å². The molecule has 0 atom stereocenters. The third-order valence-corrected chi connectivity index (χ3v) is 2.73. The molecule has 0 spiro atoms. The van der Waals surface area contributed by atoms with Crippen LogP contribution in [0, 0.1) is 0 Å². The van der Waals surface area contributed by atoms with Crippen LogP contribution in [-0.4, -0.2) is 28.2 Å². The molecule has 1 rings (SSSR count). The topological polar surface area (TPSA) is 29.5 Å². The third-order valence-electron chi connectivity index (χ3n) is 2.73. The van der Waals surface area contributed by atoms with Crippen molar-refractivity contribution in [2.75, 3.05) is 0 Å². The first-order valence-electron chi connectivity index (χ1n) is 6.19. The van der Waals surface area contributed by atoms with Gasteiger partial charge in [-0.3, -0.25) is 4.90 Å². The zero-order chi connectivity index (χ0) is 13.4. The normalized spacial score (nSPS) is 17.6. The summed E-state index contributed by atoms with van der Waals surface area (Å²) in [5.74, 6) is 0. The highest BCUT2D eigenvalue weighted by Gasteiger charge is 2.39. The molecule has 0 radical (unpaired) electrons. The number of nitrogens with zero attached hydrogens (tertiary/aromatic N) is 1. The van der Waals surface area contributed by atoms with E-state index in [1.807, 2.05) is 46.4 Å². The van der Waals surface area contributed by atoms with Crippen LogP contribution in [0.1, 0.15) is 54.4 Å². The molecule has 0 aromatic rings. The molecule has 0 aromatic heterocycles. The highest BCUT2D eigenvalue weighted by molar-refractivity contribution is 5.70. The van der Waals surface area contributed by atoms with Crippen molar-refractivity contribution in [3.63, 3.8) is 0 Å². The largest absolute Gasteiger partial charge is 0.444 e. The predicted molar refractivity (Wildman–Crippen MR) is 70.0 cm³/mol. The van der Waals surface area contributed by atoms with Crippen LogP contribution in [0.3, 0.4) is 0 Å². The number of hydrogen-bond acceptors (Lipinski definition) is 2. The summed E-state index contributed by atoms with van der Waals surface area (Å²) < 4.78 is 5.48. The second kappa shape index (κ2) is 4.35. The van der Waals surface area contributed by atoms with Crippen molar-refractivity contribution >= 4 is 6.09 Å². The van der Waals surface area contributed by atoms with E-state index in [9.17, 15) is 4.79 Å². The molecule has 1 fully saturated rings. The smallest absolute Gasteiger partial charge is 0.410 e. The minimum Gasteiger partial charge on any atom is -0.444 e. The zero-order valence-corrected chi connectivity index (χ0v) is 12.0. The molecule has 3 heteroatoms. The fraction of sp³-hybridized carbons (Fsp3) is 0.786. The maximum Gasteiger partial charge on any atom is 0.410 e. The van der Waals surface area contributed by atoms with Crippen LogP contribution < -0.4 is 0 Å². The number of rotatable bonds is 1. The summed E-state index contributed by atoms with van der Waals surface area (Å²) in [5, 5.41) is 0. The maximum atomic E-state index is 12.2. The van der Waals surface area contributed by atoms with Crippen molar-refractivity contribution < 1.29 is 9.53 Å². The van der Waals surface area contributed by atoms with Gasteiger partial charge in [0.25, 0.3) is 0 Å². The van der Waals surface area contributed by atoms with Crippen molar-refractivity contribution in [1.82, 2.24) is 4.90 Å². The predicted octanol–water partition coefficient (Wildman–Crippen LogP) is 3.74. The van der Waals surface area contributed by atoms with Gasteiger partial charge in [0.05, 0.1) is 0 Å². The molecule has 0 N–H and O–H groups in total. The van der Waals surface area contributed by atoms with E-state index >= 15 is 0 Å². The Kier molecular flexibility index (Phi) is 3.60. The number of carbonyl (C=O) groups is 1. The van der Waals surface area contributed by atoms with Crippen molar-refractivity contribution in [3.05, 3.63) is 12.2 Å². The van der Waals surface area contributed by atoms with Gasteiger partial charge in [0.1, 0.15) is 5.60 Å². The summed E-state index contributed by atoms with van der Waals surface area (Å²) in [6.07, 6.45) is 1.58. The zero-order valence-electron chi connectivity index (χ0n) is 12.0.